The van der Waals surface area contributed by atoms with Crippen LogP contribution in [0.15, 0.2) is 94.2 Å². The highest BCUT2D eigenvalue weighted by Crippen LogP contribution is 2.31. The molecule has 146 valence electrons. The fourth-order valence-corrected chi connectivity index (χ4v) is 3.92. The Morgan fingerprint density at radius 2 is 1.59 bits per heavy atom. The third kappa shape index (κ3) is 4.35. The molecule has 0 aliphatic heterocycles. The van der Waals surface area contributed by atoms with E-state index in [1.54, 1.807) is 24.3 Å². The fourth-order valence-electron chi connectivity index (χ4n) is 2.89. The number of hydrogen-bond donors (Lipinski definition) is 1. The van der Waals surface area contributed by atoms with Crippen molar-refractivity contribution in [1.29, 1.82) is 0 Å². The van der Waals surface area contributed by atoms with E-state index >= 15 is 0 Å². The zero-order valence-electron chi connectivity index (χ0n) is 15.2. The van der Waals surface area contributed by atoms with E-state index in [1.165, 1.54) is 30.3 Å². The monoisotopic (exact) mass is 408 g/mol. The van der Waals surface area contributed by atoms with Crippen LogP contribution in [-0.4, -0.2) is 13.4 Å². The second-order valence-corrected chi connectivity index (χ2v) is 8.06. The summed E-state index contributed by atoms with van der Waals surface area (Å²) in [6.07, 6.45) is 0.371. The molecule has 4 rings (SSSR count). The van der Waals surface area contributed by atoms with Crippen molar-refractivity contribution in [3.05, 3.63) is 102 Å². The molecule has 1 N–H and O–H groups in total. The minimum atomic E-state index is -3.88. The Hall–Kier alpha value is -3.45. The molecule has 4 aromatic rings. The van der Waals surface area contributed by atoms with Crippen LogP contribution in [0.4, 0.5) is 10.2 Å². The molecule has 5 nitrogen and oxygen atoms in total. The Kier molecular flexibility index (Phi) is 5.14. The molecule has 3 aromatic carbocycles. The highest BCUT2D eigenvalue weighted by molar-refractivity contribution is 7.92. The lowest BCUT2D eigenvalue weighted by atomic mass is 10.1. The Labute approximate surface area is 167 Å². The van der Waals surface area contributed by atoms with Crippen molar-refractivity contribution < 1.29 is 17.2 Å². The van der Waals surface area contributed by atoms with Gasteiger partial charge in [0.1, 0.15) is 5.82 Å². The van der Waals surface area contributed by atoms with E-state index < -0.39 is 15.8 Å². The van der Waals surface area contributed by atoms with Crippen molar-refractivity contribution in [2.24, 2.45) is 0 Å². The van der Waals surface area contributed by atoms with Crippen LogP contribution >= 0.6 is 0 Å². The van der Waals surface area contributed by atoms with Crippen LogP contribution in [0, 0.1) is 5.82 Å². The first kappa shape index (κ1) is 18.9. The van der Waals surface area contributed by atoms with Crippen LogP contribution in [0.2, 0.25) is 0 Å². The summed E-state index contributed by atoms with van der Waals surface area (Å²) >= 11 is 0. The predicted octanol–water partition coefficient (Wildman–Crippen LogP) is 4.87. The minimum Gasteiger partial charge on any atom is -0.438 e. The predicted molar refractivity (Wildman–Crippen MR) is 108 cm³/mol. The van der Waals surface area contributed by atoms with Gasteiger partial charge < -0.3 is 4.42 Å². The van der Waals surface area contributed by atoms with E-state index in [9.17, 15) is 12.8 Å². The number of oxazole rings is 1. The van der Waals surface area contributed by atoms with Gasteiger partial charge in [-0.25, -0.2) is 12.8 Å². The van der Waals surface area contributed by atoms with Crippen molar-refractivity contribution in [2.75, 3.05) is 4.72 Å². The van der Waals surface area contributed by atoms with E-state index in [-0.39, 0.29) is 16.5 Å². The lowest BCUT2D eigenvalue weighted by Gasteiger charge is -2.07. The summed E-state index contributed by atoms with van der Waals surface area (Å²) in [5, 5.41) is 0. The van der Waals surface area contributed by atoms with E-state index in [0.717, 1.165) is 5.56 Å². The van der Waals surface area contributed by atoms with Crippen molar-refractivity contribution in [3.63, 3.8) is 0 Å². The summed E-state index contributed by atoms with van der Waals surface area (Å²) < 4.78 is 47.6. The van der Waals surface area contributed by atoms with Gasteiger partial charge in [-0.05, 0) is 29.8 Å². The molecular weight excluding hydrogens is 391 g/mol. The first-order chi connectivity index (χ1) is 14.0. The van der Waals surface area contributed by atoms with Gasteiger partial charge in [-0.15, -0.1) is 0 Å². The van der Waals surface area contributed by atoms with Crippen molar-refractivity contribution in [1.82, 2.24) is 4.98 Å². The second-order valence-electron chi connectivity index (χ2n) is 6.38. The number of hydrogen-bond acceptors (Lipinski definition) is 4. The number of rotatable bonds is 6. The molecule has 0 saturated heterocycles. The van der Waals surface area contributed by atoms with Crippen LogP contribution in [0.3, 0.4) is 0 Å². The van der Waals surface area contributed by atoms with Gasteiger partial charge in [-0.2, -0.15) is 4.98 Å². The maximum absolute atomic E-state index is 13.7. The van der Waals surface area contributed by atoms with E-state index in [0.29, 0.717) is 17.9 Å². The molecule has 0 spiro atoms. The third-order valence-electron chi connectivity index (χ3n) is 4.24. The largest absolute Gasteiger partial charge is 0.438 e. The average molecular weight is 408 g/mol. The van der Waals surface area contributed by atoms with E-state index in [1.807, 2.05) is 30.3 Å². The van der Waals surface area contributed by atoms with Crippen molar-refractivity contribution in [2.45, 2.75) is 11.3 Å². The van der Waals surface area contributed by atoms with E-state index in [4.69, 9.17) is 4.42 Å². The van der Waals surface area contributed by atoms with Crippen LogP contribution in [0.1, 0.15) is 11.5 Å². The minimum absolute atomic E-state index is 0.0189. The van der Waals surface area contributed by atoms with Gasteiger partial charge >= 0.3 is 0 Å². The van der Waals surface area contributed by atoms with Crippen LogP contribution in [-0.2, 0) is 16.4 Å². The molecule has 1 aromatic heterocycles. The molecule has 1 heterocycles. The van der Waals surface area contributed by atoms with Gasteiger partial charge in [0.2, 0.25) is 5.89 Å². The number of anilines is 1. The highest BCUT2D eigenvalue weighted by atomic mass is 32.2. The van der Waals surface area contributed by atoms with E-state index in [2.05, 4.69) is 9.71 Å². The number of sulfonamides is 1. The van der Waals surface area contributed by atoms with Crippen molar-refractivity contribution in [3.8, 4) is 11.3 Å². The summed E-state index contributed by atoms with van der Waals surface area (Å²) in [6.45, 7) is 0. The highest BCUT2D eigenvalue weighted by Gasteiger charge is 2.22. The summed E-state index contributed by atoms with van der Waals surface area (Å²) in [5.41, 5.74) is 1.35. The quantitative estimate of drug-likeness (QED) is 0.494. The van der Waals surface area contributed by atoms with Crippen LogP contribution in [0.5, 0.6) is 0 Å². The topological polar surface area (TPSA) is 72.2 Å². The SMILES string of the molecule is O=S(=O)(Nc1nc(Cc2ccccc2)oc1-c1cccc(F)c1)c1ccccc1. The number of benzene rings is 3. The average Bonchev–Trinajstić information content (AvgIpc) is 3.11. The van der Waals surface area contributed by atoms with Gasteiger partial charge in [-0.1, -0.05) is 60.7 Å². The molecule has 0 amide bonds. The molecule has 0 bridgehead atoms. The Balaban J connectivity index is 1.75. The summed E-state index contributed by atoms with van der Waals surface area (Å²) in [7, 11) is -3.88. The Bertz CT molecular complexity index is 1220. The van der Waals surface area contributed by atoms with Crippen LogP contribution in [0.25, 0.3) is 11.3 Å². The molecule has 0 atom stereocenters. The van der Waals surface area contributed by atoms with Crippen LogP contribution < -0.4 is 4.72 Å². The standard InChI is InChI=1S/C22H17FN2O3S/c23-18-11-7-10-17(15-18)21-22(25-29(26,27)19-12-5-2-6-13-19)24-20(28-21)14-16-8-3-1-4-9-16/h1-13,15,25H,14H2. The second kappa shape index (κ2) is 7.89. The first-order valence-corrected chi connectivity index (χ1v) is 10.4. The molecule has 0 aliphatic carbocycles. The lowest BCUT2D eigenvalue weighted by Crippen LogP contribution is -2.13. The summed E-state index contributed by atoms with van der Waals surface area (Å²) in [4.78, 5) is 4.44. The van der Waals surface area contributed by atoms with Gasteiger partial charge in [0.25, 0.3) is 10.0 Å². The maximum atomic E-state index is 13.7. The Morgan fingerprint density at radius 3 is 2.28 bits per heavy atom. The van der Waals surface area contributed by atoms with Gasteiger partial charge in [0, 0.05) is 12.0 Å². The molecule has 29 heavy (non-hydrogen) atoms. The molecule has 0 unspecified atom stereocenters. The third-order valence-corrected chi connectivity index (χ3v) is 5.60. The lowest BCUT2D eigenvalue weighted by molar-refractivity contribution is 0.518. The normalized spacial score (nSPS) is 11.3. The number of nitrogens with zero attached hydrogens (tertiary/aromatic N) is 1. The number of nitrogens with one attached hydrogen (secondary N) is 1. The maximum Gasteiger partial charge on any atom is 0.263 e. The van der Waals surface area contributed by atoms with Gasteiger partial charge in [0.05, 0.1) is 4.90 Å². The summed E-state index contributed by atoms with van der Waals surface area (Å²) in [6, 6.07) is 23.2. The molecule has 0 fully saturated rings. The fraction of sp³-hybridized carbons (Fsp3) is 0.0455. The molecule has 0 saturated carbocycles. The summed E-state index contributed by atoms with van der Waals surface area (Å²) in [5.74, 6) is 0.0434. The van der Waals surface area contributed by atoms with Crippen molar-refractivity contribution >= 4 is 15.8 Å². The zero-order chi connectivity index (χ0) is 20.3. The molecular formula is C22H17FN2O3S. The molecule has 7 heteroatoms. The van der Waals surface area contributed by atoms with Gasteiger partial charge in [0.15, 0.2) is 11.6 Å². The molecule has 0 radical (unpaired) electrons. The van der Waals surface area contributed by atoms with Gasteiger partial charge in [-0.3, -0.25) is 4.72 Å². The smallest absolute Gasteiger partial charge is 0.263 e. The first-order valence-electron chi connectivity index (χ1n) is 8.89. The zero-order valence-corrected chi connectivity index (χ0v) is 16.1. The Morgan fingerprint density at radius 1 is 0.897 bits per heavy atom. The molecule has 0 aliphatic rings. The number of halogens is 1. The number of aromatic nitrogens is 1.